The highest BCUT2D eigenvalue weighted by molar-refractivity contribution is 5.87. The molecule has 6 heteroatoms. The summed E-state index contributed by atoms with van der Waals surface area (Å²) >= 11 is 0. The van der Waals surface area contributed by atoms with Crippen molar-refractivity contribution in [2.75, 3.05) is 39.8 Å². The number of benzene rings is 1. The molecule has 0 amide bonds. The number of aromatic nitrogens is 1. The van der Waals surface area contributed by atoms with Gasteiger partial charge in [0.2, 0.25) is 0 Å². The van der Waals surface area contributed by atoms with E-state index in [1.807, 2.05) is 35.0 Å². The number of likely N-dealkylation sites (N-methyl/N-ethyl adjacent to an activating group) is 1. The predicted molar refractivity (Wildman–Crippen MR) is 93.2 cm³/mol. The number of fused-ring (bicyclic) bond motifs is 1. The molecule has 0 bridgehead atoms. The van der Waals surface area contributed by atoms with Crippen molar-refractivity contribution in [1.82, 2.24) is 14.4 Å². The van der Waals surface area contributed by atoms with Crippen LogP contribution < -0.4 is 0 Å². The second-order valence-corrected chi connectivity index (χ2v) is 6.65. The maximum Gasteiger partial charge on any atom is 0.307 e. The first kappa shape index (κ1) is 17.0. The van der Waals surface area contributed by atoms with Gasteiger partial charge in [-0.3, -0.25) is 9.69 Å². The third-order valence-corrected chi connectivity index (χ3v) is 4.69. The molecule has 0 radical (unpaired) electrons. The Labute approximate surface area is 141 Å². The lowest BCUT2D eigenvalue weighted by atomic mass is 10.1. The minimum absolute atomic E-state index is 0.00205. The van der Waals surface area contributed by atoms with Crippen molar-refractivity contribution in [3.05, 3.63) is 36.0 Å². The van der Waals surface area contributed by atoms with Crippen LogP contribution in [0, 0.1) is 0 Å². The summed E-state index contributed by atoms with van der Waals surface area (Å²) in [5, 5.41) is 20.5. The number of carboxylic acids is 1. The van der Waals surface area contributed by atoms with E-state index in [-0.39, 0.29) is 6.42 Å². The summed E-state index contributed by atoms with van der Waals surface area (Å²) in [5.41, 5.74) is 1.77. The molecule has 0 saturated carbocycles. The van der Waals surface area contributed by atoms with Gasteiger partial charge in [-0.2, -0.15) is 0 Å². The number of carbonyl (C=O) groups is 1. The molecule has 130 valence electrons. The lowest BCUT2D eigenvalue weighted by molar-refractivity contribution is -0.136. The van der Waals surface area contributed by atoms with Crippen LogP contribution in [0.2, 0.25) is 0 Å². The number of aliphatic hydroxyl groups excluding tert-OH is 1. The highest BCUT2D eigenvalue weighted by Gasteiger charge is 2.18. The van der Waals surface area contributed by atoms with Crippen LogP contribution in [-0.2, 0) is 17.8 Å². The Bertz CT molecular complexity index is 705. The third kappa shape index (κ3) is 3.95. The molecule has 24 heavy (non-hydrogen) atoms. The van der Waals surface area contributed by atoms with Crippen LogP contribution in [0.15, 0.2) is 30.5 Å². The number of hydrogen-bond acceptors (Lipinski definition) is 4. The van der Waals surface area contributed by atoms with Gasteiger partial charge in [0, 0.05) is 56.4 Å². The zero-order chi connectivity index (χ0) is 17.1. The first-order chi connectivity index (χ1) is 11.5. The van der Waals surface area contributed by atoms with Gasteiger partial charge in [0.25, 0.3) is 0 Å². The van der Waals surface area contributed by atoms with Crippen molar-refractivity contribution < 1.29 is 15.0 Å². The Morgan fingerprint density at radius 2 is 1.88 bits per heavy atom. The maximum atomic E-state index is 11.1. The summed E-state index contributed by atoms with van der Waals surface area (Å²) in [7, 11) is 2.11. The van der Waals surface area contributed by atoms with Gasteiger partial charge >= 0.3 is 5.97 Å². The second-order valence-electron chi connectivity index (χ2n) is 6.65. The molecule has 1 aliphatic rings. The number of hydrogen-bond donors (Lipinski definition) is 2. The van der Waals surface area contributed by atoms with E-state index in [4.69, 9.17) is 5.11 Å². The molecular weight excluding hydrogens is 306 g/mol. The van der Waals surface area contributed by atoms with E-state index in [2.05, 4.69) is 16.8 Å². The molecule has 1 fully saturated rings. The Kier molecular flexibility index (Phi) is 5.18. The van der Waals surface area contributed by atoms with Crippen LogP contribution >= 0.6 is 0 Å². The van der Waals surface area contributed by atoms with Crippen molar-refractivity contribution in [3.8, 4) is 0 Å². The molecule has 1 saturated heterocycles. The summed E-state index contributed by atoms with van der Waals surface area (Å²) in [5.74, 6) is -0.837. The first-order valence-corrected chi connectivity index (χ1v) is 8.40. The monoisotopic (exact) mass is 331 g/mol. The fourth-order valence-electron chi connectivity index (χ4n) is 3.39. The van der Waals surface area contributed by atoms with Gasteiger partial charge in [-0.15, -0.1) is 0 Å². The molecule has 1 unspecified atom stereocenters. The molecule has 0 spiro atoms. The Morgan fingerprint density at radius 1 is 1.17 bits per heavy atom. The SMILES string of the molecule is CN1CCN(CC(O)Cn2cc(CC(=O)O)c3ccccc32)CC1. The van der Waals surface area contributed by atoms with E-state index in [0.29, 0.717) is 13.1 Å². The zero-order valence-corrected chi connectivity index (χ0v) is 14.1. The molecule has 2 N–H and O–H groups in total. The molecule has 2 heterocycles. The smallest absolute Gasteiger partial charge is 0.307 e. The van der Waals surface area contributed by atoms with E-state index in [1.165, 1.54) is 0 Å². The molecule has 1 aliphatic heterocycles. The van der Waals surface area contributed by atoms with E-state index < -0.39 is 12.1 Å². The number of rotatable bonds is 6. The van der Waals surface area contributed by atoms with Crippen LogP contribution in [0.5, 0.6) is 0 Å². The number of nitrogens with zero attached hydrogens (tertiary/aromatic N) is 3. The van der Waals surface area contributed by atoms with E-state index >= 15 is 0 Å². The molecule has 3 rings (SSSR count). The number of piperazine rings is 1. The van der Waals surface area contributed by atoms with Crippen LogP contribution in [-0.4, -0.2) is 76.4 Å². The van der Waals surface area contributed by atoms with Crippen LogP contribution in [0.1, 0.15) is 5.56 Å². The molecule has 2 aromatic rings. The molecule has 1 aromatic heterocycles. The average molecular weight is 331 g/mol. The van der Waals surface area contributed by atoms with Crippen molar-refractivity contribution in [3.63, 3.8) is 0 Å². The number of carboxylic acid groups (broad SMARTS) is 1. The van der Waals surface area contributed by atoms with Gasteiger partial charge in [0.15, 0.2) is 0 Å². The molecule has 1 aromatic carbocycles. The number of aliphatic hydroxyl groups is 1. The highest BCUT2D eigenvalue weighted by Crippen LogP contribution is 2.22. The minimum Gasteiger partial charge on any atom is -0.481 e. The normalized spacial score (nSPS) is 18.1. The fraction of sp³-hybridized carbons (Fsp3) is 0.500. The average Bonchev–Trinajstić information content (AvgIpc) is 2.87. The third-order valence-electron chi connectivity index (χ3n) is 4.69. The van der Waals surface area contributed by atoms with Crippen LogP contribution in [0.4, 0.5) is 0 Å². The van der Waals surface area contributed by atoms with Gasteiger partial charge in [-0.25, -0.2) is 0 Å². The minimum atomic E-state index is -0.837. The van der Waals surface area contributed by atoms with Crippen molar-refractivity contribution >= 4 is 16.9 Å². The molecule has 0 aliphatic carbocycles. The van der Waals surface area contributed by atoms with E-state index in [1.54, 1.807) is 0 Å². The second kappa shape index (κ2) is 7.34. The van der Waals surface area contributed by atoms with Crippen LogP contribution in [0.3, 0.4) is 0 Å². The lowest BCUT2D eigenvalue weighted by Crippen LogP contribution is -2.47. The topological polar surface area (TPSA) is 68.9 Å². The van der Waals surface area contributed by atoms with E-state index in [9.17, 15) is 9.90 Å². The Balaban J connectivity index is 1.71. The van der Waals surface area contributed by atoms with Gasteiger partial charge in [0.05, 0.1) is 12.5 Å². The fourth-order valence-corrected chi connectivity index (χ4v) is 3.39. The number of para-hydroxylation sites is 1. The van der Waals surface area contributed by atoms with Crippen molar-refractivity contribution in [1.29, 1.82) is 0 Å². The van der Waals surface area contributed by atoms with Crippen molar-refractivity contribution in [2.24, 2.45) is 0 Å². The molecular formula is C18H25N3O3. The summed E-state index contributed by atoms with van der Waals surface area (Å²) in [6.07, 6.45) is 1.40. The summed E-state index contributed by atoms with van der Waals surface area (Å²) in [4.78, 5) is 15.6. The summed E-state index contributed by atoms with van der Waals surface area (Å²) in [6.45, 7) is 5.14. The summed E-state index contributed by atoms with van der Waals surface area (Å²) < 4.78 is 1.98. The summed E-state index contributed by atoms with van der Waals surface area (Å²) in [6, 6.07) is 7.77. The van der Waals surface area contributed by atoms with E-state index in [0.717, 1.165) is 42.6 Å². The first-order valence-electron chi connectivity index (χ1n) is 8.40. The lowest BCUT2D eigenvalue weighted by Gasteiger charge is -2.33. The number of aliphatic carboxylic acids is 1. The largest absolute Gasteiger partial charge is 0.481 e. The Hall–Kier alpha value is -1.89. The highest BCUT2D eigenvalue weighted by atomic mass is 16.4. The molecule has 1 atom stereocenters. The van der Waals surface area contributed by atoms with Gasteiger partial charge < -0.3 is 19.7 Å². The van der Waals surface area contributed by atoms with Gasteiger partial charge in [-0.1, -0.05) is 18.2 Å². The Morgan fingerprint density at radius 3 is 2.58 bits per heavy atom. The number of β-amino-alcohol motifs (C(OH)–C–C–N with tert-alkyl or cyclic N) is 1. The van der Waals surface area contributed by atoms with Crippen molar-refractivity contribution in [2.45, 2.75) is 19.1 Å². The van der Waals surface area contributed by atoms with Gasteiger partial charge in [-0.05, 0) is 18.7 Å². The predicted octanol–water partition coefficient (Wildman–Crippen LogP) is 0.877. The zero-order valence-electron chi connectivity index (χ0n) is 14.1. The standard InChI is InChI=1S/C18H25N3O3/c1-19-6-8-20(9-7-19)12-15(22)13-21-11-14(10-18(23)24)16-4-2-3-5-17(16)21/h2-5,11,15,22H,6-10,12-13H2,1H3,(H,23,24). The maximum absolute atomic E-state index is 11.1. The molecule has 6 nitrogen and oxygen atoms in total. The van der Waals surface area contributed by atoms with Gasteiger partial charge in [0.1, 0.15) is 0 Å². The van der Waals surface area contributed by atoms with Crippen LogP contribution in [0.25, 0.3) is 10.9 Å². The quantitative estimate of drug-likeness (QED) is 0.822.